The molecule has 74 valence electrons. The number of nitrogens with two attached hydrogens (primary N) is 1. The molecule has 1 atom stereocenters. The molecule has 1 heterocycles. The summed E-state index contributed by atoms with van der Waals surface area (Å²) in [5.74, 6) is 2.31. The summed E-state index contributed by atoms with van der Waals surface area (Å²) in [7, 11) is 0. The van der Waals surface area contributed by atoms with Gasteiger partial charge in [0.1, 0.15) is 6.10 Å². The van der Waals surface area contributed by atoms with Gasteiger partial charge in [0.15, 0.2) is 0 Å². The highest BCUT2D eigenvalue weighted by Crippen LogP contribution is 2.27. The van der Waals surface area contributed by atoms with Gasteiger partial charge in [0.2, 0.25) is 0 Å². The van der Waals surface area contributed by atoms with E-state index in [1.165, 1.54) is 6.20 Å². The molecule has 1 rings (SSSR count). The molecular weight excluding hydrogens is 204 g/mol. The minimum Gasteiger partial charge on any atom is -0.387 e. The summed E-state index contributed by atoms with van der Waals surface area (Å²) in [6.45, 7) is 0. The summed E-state index contributed by atoms with van der Waals surface area (Å²) in [6, 6.07) is 0. The van der Waals surface area contributed by atoms with Crippen LogP contribution in [0.3, 0.4) is 0 Å². The Morgan fingerprint density at radius 3 is 3.21 bits per heavy atom. The van der Waals surface area contributed by atoms with Crippen LogP contribution in [0.5, 0.6) is 5.19 Å². The van der Waals surface area contributed by atoms with Crippen LogP contribution >= 0.6 is 11.3 Å². The van der Waals surface area contributed by atoms with Crippen LogP contribution in [0.2, 0.25) is 0 Å². The van der Waals surface area contributed by atoms with Crippen molar-refractivity contribution in [2.45, 2.75) is 12.5 Å². The zero-order valence-electron chi connectivity index (χ0n) is 7.14. The van der Waals surface area contributed by atoms with E-state index in [0.29, 0.717) is 4.88 Å². The Morgan fingerprint density at radius 2 is 2.64 bits per heavy atom. The monoisotopic (exact) mass is 212 g/mol. The summed E-state index contributed by atoms with van der Waals surface area (Å²) in [5.41, 5.74) is 4.78. The van der Waals surface area contributed by atoms with Gasteiger partial charge in [-0.3, -0.25) is 0 Å². The maximum absolute atomic E-state index is 10.3. The first-order chi connectivity index (χ1) is 6.63. The number of hydrogen-bond donors (Lipinski definition) is 2. The molecule has 0 bridgehead atoms. The molecular formula is C8H8N2O3S. The summed E-state index contributed by atoms with van der Waals surface area (Å²) >= 11 is 1.03. The molecule has 3 N–H and O–H groups in total. The maximum atomic E-state index is 10.3. The molecule has 0 aliphatic rings. The standard InChI is InChI=1S/C8H8N2O3S/c1-2-3-5(11)6-4-10-8(14-6)13-7(9)12/h1,4-5,11H,3H2,(H2,9,12). The number of terminal acetylenes is 1. The second-order valence-corrected chi connectivity index (χ2v) is 3.40. The molecule has 0 spiro atoms. The second-order valence-electron chi connectivity index (χ2n) is 2.37. The lowest BCUT2D eigenvalue weighted by Crippen LogP contribution is -2.15. The highest BCUT2D eigenvalue weighted by Gasteiger charge is 2.12. The highest BCUT2D eigenvalue weighted by molar-refractivity contribution is 7.13. The van der Waals surface area contributed by atoms with Crippen molar-refractivity contribution in [1.29, 1.82) is 0 Å². The first kappa shape index (κ1) is 10.5. The predicted octanol–water partition coefficient (Wildman–Crippen LogP) is 0.657. The van der Waals surface area contributed by atoms with E-state index < -0.39 is 12.2 Å². The van der Waals surface area contributed by atoms with E-state index in [1.807, 2.05) is 0 Å². The Kier molecular flexibility index (Phi) is 3.45. The minimum absolute atomic E-state index is 0.101. The normalized spacial score (nSPS) is 11.7. The van der Waals surface area contributed by atoms with Crippen molar-refractivity contribution in [2.24, 2.45) is 5.73 Å². The number of ether oxygens (including phenoxy) is 1. The van der Waals surface area contributed by atoms with Crippen molar-refractivity contribution < 1.29 is 14.6 Å². The van der Waals surface area contributed by atoms with E-state index in [4.69, 9.17) is 12.2 Å². The van der Waals surface area contributed by atoms with Crippen LogP contribution in [0.15, 0.2) is 6.20 Å². The van der Waals surface area contributed by atoms with E-state index in [0.717, 1.165) is 11.3 Å². The fourth-order valence-corrected chi connectivity index (χ4v) is 1.52. The number of carbonyl (C=O) groups excluding carboxylic acids is 1. The van der Waals surface area contributed by atoms with Crippen molar-refractivity contribution >= 4 is 17.4 Å². The molecule has 0 saturated heterocycles. The molecule has 1 unspecified atom stereocenters. The first-order valence-electron chi connectivity index (χ1n) is 3.68. The van der Waals surface area contributed by atoms with Crippen molar-refractivity contribution in [1.82, 2.24) is 4.98 Å². The largest absolute Gasteiger partial charge is 0.411 e. The van der Waals surface area contributed by atoms with E-state index >= 15 is 0 Å². The van der Waals surface area contributed by atoms with Crippen molar-refractivity contribution in [3.8, 4) is 17.5 Å². The fraction of sp³-hybridized carbons (Fsp3) is 0.250. The second kappa shape index (κ2) is 4.60. The topological polar surface area (TPSA) is 85.4 Å². The number of aliphatic hydroxyl groups excluding tert-OH is 1. The van der Waals surface area contributed by atoms with Gasteiger partial charge in [-0.25, -0.2) is 9.78 Å². The third kappa shape index (κ3) is 2.73. The predicted molar refractivity (Wildman–Crippen MR) is 50.7 cm³/mol. The molecule has 5 nitrogen and oxygen atoms in total. The lowest BCUT2D eigenvalue weighted by molar-refractivity contribution is 0.187. The van der Waals surface area contributed by atoms with E-state index in [1.54, 1.807) is 0 Å². The van der Waals surface area contributed by atoms with E-state index in [2.05, 4.69) is 15.6 Å². The van der Waals surface area contributed by atoms with E-state index in [9.17, 15) is 9.90 Å². The van der Waals surface area contributed by atoms with Gasteiger partial charge in [0, 0.05) is 12.6 Å². The Balaban J connectivity index is 2.68. The smallest absolute Gasteiger partial charge is 0.387 e. The molecule has 0 fully saturated rings. The number of aliphatic hydroxyl groups is 1. The van der Waals surface area contributed by atoms with Crippen LogP contribution in [0, 0.1) is 12.3 Å². The Hall–Kier alpha value is -1.58. The molecule has 0 aromatic carbocycles. The van der Waals surface area contributed by atoms with Crippen molar-refractivity contribution in [3.05, 3.63) is 11.1 Å². The molecule has 0 aliphatic carbocycles. The lowest BCUT2D eigenvalue weighted by atomic mass is 10.2. The highest BCUT2D eigenvalue weighted by atomic mass is 32.1. The van der Waals surface area contributed by atoms with Crippen LogP contribution in [0.25, 0.3) is 0 Å². The minimum atomic E-state index is -0.933. The quantitative estimate of drug-likeness (QED) is 0.720. The molecule has 0 aliphatic heterocycles. The average molecular weight is 212 g/mol. The molecule has 1 aromatic rings. The maximum Gasteiger partial charge on any atom is 0.411 e. The van der Waals surface area contributed by atoms with Crippen LogP contribution in [0.1, 0.15) is 17.4 Å². The summed E-state index contributed by atoms with van der Waals surface area (Å²) < 4.78 is 4.51. The Morgan fingerprint density at radius 1 is 1.93 bits per heavy atom. The van der Waals surface area contributed by atoms with Gasteiger partial charge in [0.05, 0.1) is 4.88 Å². The van der Waals surface area contributed by atoms with Crippen LogP contribution in [-0.2, 0) is 0 Å². The summed E-state index contributed by atoms with van der Waals surface area (Å²) in [6.07, 6.45) is 4.90. The van der Waals surface area contributed by atoms with Crippen molar-refractivity contribution in [3.63, 3.8) is 0 Å². The van der Waals surface area contributed by atoms with Gasteiger partial charge >= 0.3 is 6.09 Å². The molecule has 6 heteroatoms. The van der Waals surface area contributed by atoms with Gasteiger partial charge in [-0.1, -0.05) is 11.3 Å². The third-order valence-electron chi connectivity index (χ3n) is 1.33. The molecule has 1 amide bonds. The molecule has 1 aromatic heterocycles. The van der Waals surface area contributed by atoms with Crippen molar-refractivity contribution in [2.75, 3.05) is 0 Å². The number of aromatic nitrogens is 1. The average Bonchev–Trinajstić information content (AvgIpc) is 2.52. The number of carbonyl (C=O) groups is 1. The first-order valence-corrected chi connectivity index (χ1v) is 4.49. The van der Waals surface area contributed by atoms with Crippen LogP contribution < -0.4 is 10.5 Å². The number of thiazole rings is 1. The van der Waals surface area contributed by atoms with Crippen LogP contribution in [-0.4, -0.2) is 16.2 Å². The van der Waals surface area contributed by atoms with Gasteiger partial charge in [-0.05, 0) is 0 Å². The van der Waals surface area contributed by atoms with E-state index in [-0.39, 0.29) is 11.6 Å². The summed E-state index contributed by atoms with van der Waals surface area (Å²) in [5, 5.41) is 9.52. The van der Waals surface area contributed by atoms with Gasteiger partial charge in [-0.2, -0.15) is 0 Å². The van der Waals surface area contributed by atoms with Crippen LogP contribution in [0.4, 0.5) is 4.79 Å². The number of rotatable bonds is 3. The van der Waals surface area contributed by atoms with Gasteiger partial charge < -0.3 is 15.6 Å². The number of nitrogens with zero attached hydrogens (tertiary/aromatic N) is 1. The lowest BCUT2D eigenvalue weighted by Gasteiger charge is -2.00. The number of hydrogen-bond acceptors (Lipinski definition) is 5. The molecule has 0 radical (unpaired) electrons. The molecule has 0 saturated carbocycles. The Labute approximate surface area is 84.5 Å². The Bertz CT molecular complexity index is 369. The fourth-order valence-electron chi connectivity index (χ4n) is 0.769. The SMILES string of the molecule is C#CCC(O)c1cnc(OC(N)=O)s1. The molecule has 14 heavy (non-hydrogen) atoms. The third-order valence-corrected chi connectivity index (χ3v) is 2.31. The number of primary amides is 1. The zero-order valence-corrected chi connectivity index (χ0v) is 7.95. The zero-order chi connectivity index (χ0) is 10.6. The van der Waals surface area contributed by atoms with Gasteiger partial charge in [-0.15, -0.1) is 12.3 Å². The van der Waals surface area contributed by atoms with Gasteiger partial charge in [0.25, 0.3) is 5.19 Å². The number of amides is 1. The summed E-state index contributed by atoms with van der Waals surface area (Å²) in [4.78, 5) is 14.6.